The van der Waals surface area contributed by atoms with Crippen LogP contribution in [0.25, 0.3) is 16.7 Å². The number of thioether (sulfide) groups is 9. The van der Waals surface area contributed by atoms with Crippen molar-refractivity contribution in [3.8, 4) is 17.2 Å². The first-order valence-electron chi connectivity index (χ1n) is 45.5. The third kappa shape index (κ3) is 19.9. The molecule has 792 valence electrons. The molecule has 0 N–H and O–H groups in total. The number of imide groups is 3. The third-order valence-corrected chi connectivity index (χ3v) is 38.5. The van der Waals surface area contributed by atoms with E-state index in [1.807, 2.05) is 0 Å². The normalized spacial score (nSPS) is 19.1. The Morgan fingerprint density at radius 1 is 0.295 bits per heavy atom. The fourth-order valence-corrected chi connectivity index (χ4v) is 33.3. The molecule has 9 amide bonds. The molecule has 0 atom stereocenters. The molecule has 12 heterocycles. The van der Waals surface area contributed by atoms with Crippen LogP contribution in [0.4, 0.5) is 17.1 Å². The summed E-state index contributed by atoms with van der Waals surface area (Å²) >= 11 is 7.47. The van der Waals surface area contributed by atoms with Crippen molar-refractivity contribution in [2.24, 2.45) is 0 Å². The van der Waals surface area contributed by atoms with Crippen molar-refractivity contribution in [2.45, 2.75) is 144 Å². The number of carbonyl (C=O) groups is 21. The summed E-state index contributed by atoms with van der Waals surface area (Å²) in [4.78, 5) is 288. The highest BCUT2D eigenvalue weighted by Crippen LogP contribution is 2.76. The van der Waals surface area contributed by atoms with Crippen LogP contribution >= 0.6 is 106 Å². The van der Waals surface area contributed by atoms with E-state index in [-0.39, 0.29) is 144 Å². The van der Waals surface area contributed by atoms with Crippen LogP contribution < -0.4 is 28.9 Å². The zero-order valence-corrected chi connectivity index (χ0v) is 91.5. The highest BCUT2D eigenvalue weighted by Gasteiger charge is 2.67. The quantitative estimate of drug-likeness (QED) is 0.0409. The van der Waals surface area contributed by atoms with Gasteiger partial charge in [0.2, 0.25) is 53.2 Å². The second kappa shape index (κ2) is 45.2. The summed E-state index contributed by atoms with van der Waals surface area (Å²) in [7, 11) is 11.9. The molecule has 3 spiro atoms. The Kier molecular flexibility index (Phi) is 34.5. The van der Waals surface area contributed by atoms with Crippen molar-refractivity contribution >= 4 is 264 Å². The first-order valence-corrected chi connectivity index (χ1v) is 52.9. The predicted octanol–water partition coefficient (Wildman–Crippen LogP) is 10.2. The Bertz CT molecular complexity index is 6570. The number of nitrogens with zero attached hydrogens (tertiary/aromatic N) is 6. The number of esters is 12. The van der Waals surface area contributed by atoms with Crippen LogP contribution in [0.2, 0.25) is 0 Å². The van der Waals surface area contributed by atoms with Gasteiger partial charge in [0, 0.05) is 86.7 Å². The van der Waals surface area contributed by atoms with Gasteiger partial charge in [0.05, 0.1) is 155 Å². The minimum atomic E-state index is -1.78. The summed E-state index contributed by atoms with van der Waals surface area (Å²) in [6, 6.07) is 14.7. The van der Waals surface area contributed by atoms with E-state index in [0.717, 1.165) is 177 Å². The molecule has 42 nitrogen and oxygen atoms in total. The van der Waals surface area contributed by atoms with Crippen LogP contribution in [0.1, 0.15) is 131 Å². The van der Waals surface area contributed by atoms with E-state index in [2.05, 4.69) is 0 Å². The first-order chi connectivity index (χ1) is 70.7. The molecule has 12 aliphatic rings. The van der Waals surface area contributed by atoms with Crippen LogP contribution in [-0.4, -0.2) is 292 Å². The van der Waals surface area contributed by atoms with Gasteiger partial charge in [-0.25, -0.2) is 57.5 Å². The number of amides is 9. The zero-order chi connectivity index (χ0) is 109. The minimum absolute atomic E-state index is 0.00561. The average molecular weight is 2230 g/mol. The maximum absolute atomic E-state index is 14.4. The monoisotopic (exact) mass is 2220 g/mol. The molecule has 0 bridgehead atoms. The van der Waals surface area contributed by atoms with Gasteiger partial charge >= 0.3 is 71.6 Å². The maximum Gasteiger partial charge on any atom is 0.346 e. The lowest BCUT2D eigenvalue weighted by molar-refractivity contribution is -0.142. The van der Waals surface area contributed by atoms with Crippen LogP contribution in [-0.2, 0) is 158 Å². The number of fused-ring (bicyclic) bond motifs is 9. The van der Waals surface area contributed by atoms with Gasteiger partial charge in [-0.05, 0) is 119 Å². The highest BCUT2D eigenvalue weighted by molar-refractivity contribution is 8.28. The summed E-state index contributed by atoms with van der Waals surface area (Å²) < 4.78 is 74.2. The van der Waals surface area contributed by atoms with E-state index in [4.69, 9.17) is 71.1 Å². The van der Waals surface area contributed by atoms with Gasteiger partial charge in [-0.1, -0.05) is 118 Å². The van der Waals surface area contributed by atoms with Gasteiger partial charge in [0.25, 0.3) is 0 Å². The molecule has 0 saturated carbocycles. The standard InChI is InChI=1S/C35H38N2O12S3.C32H32N2O12S3.C31H30N2O12S3/c1-8-46-30(41)25-26(31(42)47-9-2)50-29-24(35(25)51-27(32(43)48-10-3)28(52-35)33(44)49-11-4)19-16-18(45-7)12-13-20(19)37(34(29,5)6)23(40)17-36-21(38)14-15-22(36)39;1-8-46-15-9-10-17-16(13-15)21-26(31(2,3)34(17)20(37)14-33-18(35)11-12-19(33)36)47-23(28(39)43-5)22(27(38)42-4)32(21)48-24(29(40)44-6)25(49-32)30(41)45-7;1-30(2)25-19(14-9-8-10-15(41-3)21(14)33(30)18(36)13-32-16(34)11-12-17(32)35)31(20(26(37)42-4)22(46-25)27(38)43-5)47-23(28(39)44-6)24(48-31)29(40)45-7/h12-13,16H,8-11,14-15,17H2,1-7H3;9-10,13H,8,11-12,14H2,1-7H3;8-10H,11-13H2,1-7H3. The van der Waals surface area contributed by atoms with E-state index in [1.54, 1.807) is 131 Å². The molecular formula is C98H100N6O36S9. The minimum Gasteiger partial charge on any atom is -0.497 e. The lowest BCUT2D eigenvalue weighted by Gasteiger charge is -2.51. The van der Waals surface area contributed by atoms with Crippen LogP contribution in [0.3, 0.4) is 0 Å². The molecule has 12 aliphatic heterocycles. The van der Waals surface area contributed by atoms with Crippen molar-refractivity contribution in [1.29, 1.82) is 0 Å². The molecule has 3 aromatic rings. The number of carbonyl (C=O) groups excluding carboxylic acids is 21. The molecule has 51 heteroatoms. The molecular weight excluding hydrogens is 2130 g/mol. The number of methoxy groups -OCH3 is 10. The average Bonchev–Trinajstić information content (AvgIpc) is 1.63. The Hall–Kier alpha value is -12.7. The smallest absolute Gasteiger partial charge is 0.346 e. The Balaban J connectivity index is 0.000000187. The lowest BCUT2D eigenvalue weighted by atomic mass is 9.83. The maximum atomic E-state index is 14.4. The summed E-state index contributed by atoms with van der Waals surface area (Å²) in [6.07, 6.45) is -0.0534. The van der Waals surface area contributed by atoms with Crippen LogP contribution in [0.15, 0.2) is 130 Å². The van der Waals surface area contributed by atoms with E-state index in [1.165, 1.54) is 28.9 Å². The molecule has 0 radical (unpaired) electrons. The van der Waals surface area contributed by atoms with Gasteiger partial charge in [0.15, 0.2) is 0 Å². The Labute approximate surface area is 890 Å². The number of para-hydroxylation sites is 1. The highest BCUT2D eigenvalue weighted by atomic mass is 32.2. The summed E-state index contributed by atoms with van der Waals surface area (Å²) in [5, 5.41) is 0. The van der Waals surface area contributed by atoms with E-state index < -0.39 is 173 Å². The van der Waals surface area contributed by atoms with Crippen molar-refractivity contribution in [2.75, 3.05) is 138 Å². The molecule has 3 aromatic carbocycles. The topological polar surface area (TPSA) is 516 Å². The Morgan fingerprint density at radius 2 is 0.564 bits per heavy atom. The number of ether oxygens (including phenoxy) is 15. The number of hydrogen-bond donors (Lipinski definition) is 0. The molecule has 15 rings (SSSR count). The summed E-state index contributed by atoms with van der Waals surface area (Å²) in [6.45, 7) is 16.9. The molecule has 3 fully saturated rings. The number of rotatable bonds is 26. The second-order valence-electron chi connectivity index (χ2n) is 34.1. The number of benzene rings is 3. The van der Waals surface area contributed by atoms with Gasteiger partial charge in [-0.3, -0.25) is 62.8 Å². The van der Waals surface area contributed by atoms with Crippen molar-refractivity contribution in [3.63, 3.8) is 0 Å². The zero-order valence-electron chi connectivity index (χ0n) is 84.2. The molecule has 3 saturated heterocycles. The second-order valence-corrected chi connectivity index (χ2v) is 45.3. The van der Waals surface area contributed by atoms with Gasteiger partial charge in [0.1, 0.15) is 93.3 Å². The van der Waals surface area contributed by atoms with E-state index >= 15 is 0 Å². The third-order valence-electron chi connectivity index (χ3n) is 24.6. The first kappa shape index (κ1) is 113. The number of hydrogen-bond acceptors (Lipinski definition) is 45. The van der Waals surface area contributed by atoms with Crippen molar-refractivity contribution in [3.05, 3.63) is 147 Å². The molecule has 0 unspecified atom stereocenters. The van der Waals surface area contributed by atoms with Gasteiger partial charge in [-0.2, -0.15) is 0 Å². The fraction of sp³-hybridized carbons (Fsp3) is 0.418. The van der Waals surface area contributed by atoms with E-state index in [0.29, 0.717) is 71.0 Å². The van der Waals surface area contributed by atoms with Gasteiger partial charge < -0.3 is 80.9 Å². The molecule has 0 aromatic heterocycles. The van der Waals surface area contributed by atoms with Crippen molar-refractivity contribution < 1.29 is 172 Å². The predicted molar refractivity (Wildman–Crippen MR) is 548 cm³/mol. The SMILES string of the molecule is CCOC(=O)C1=C(C(=O)OCC)SC2(S1)C(C(=O)OCC)=C(C(=O)OCC)SC1=C2c2cc(OC)ccc2N(C(=O)CN2C(=O)CCC2=O)C1(C)C.CCOc1ccc2c(c1)C1=C(SC(C(=O)OC)=C(C(=O)OC)C13SC(C(=O)OC)=C(C(=O)OC)S3)C(C)(C)N2C(=O)CN1C(=O)CCC1=O.COC(=O)C1=C(C(=O)OC)SC2(S1)C(C(=O)OC)=C(C(=O)OC)SC1=C2c2cccc(OC)c2N(C(=O)CN2C(=O)CCC2=O)C1(C)C. The Morgan fingerprint density at radius 3 is 0.872 bits per heavy atom. The fourth-order valence-electron chi connectivity index (χ4n) is 18.2. The largest absolute Gasteiger partial charge is 0.497 e. The number of anilines is 3. The summed E-state index contributed by atoms with van der Waals surface area (Å²) in [5.74, 6) is -14.5. The number of likely N-dealkylation sites (tertiary alicyclic amines) is 3. The van der Waals surface area contributed by atoms with Crippen LogP contribution in [0.5, 0.6) is 17.2 Å². The molecule has 0 aliphatic carbocycles. The lowest BCUT2D eigenvalue weighted by Crippen LogP contribution is -2.56. The summed E-state index contributed by atoms with van der Waals surface area (Å²) in [5.41, 5.74) is -1.70. The molecule has 149 heavy (non-hydrogen) atoms. The van der Waals surface area contributed by atoms with Crippen molar-refractivity contribution in [1.82, 2.24) is 14.7 Å². The van der Waals surface area contributed by atoms with Gasteiger partial charge in [-0.15, -0.1) is 0 Å². The van der Waals surface area contributed by atoms with E-state index in [9.17, 15) is 101 Å². The van der Waals surface area contributed by atoms with Crippen LogP contribution in [0, 0.1) is 0 Å².